The van der Waals surface area contributed by atoms with Gasteiger partial charge < -0.3 is 97.4 Å². The number of nitrogens with two attached hydrogens (primary N) is 5. The first-order valence-electron chi connectivity index (χ1n) is 29.4. The van der Waals surface area contributed by atoms with E-state index in [-0.39, 0.29) is 83.6 Å². The van der Waals surface area contributed by atoms with Crippen LogP contribution in [0.4, 0.5) is 0 Å². The van der Waals surface area contributed by atoms with E-state index in [4.69, 9.17) is 28.7 Å². The van der Waals surface area contributed by atoms with Gasteiger partial charge in [0.2, 0.25) is 65.0 Å². The molecule has 29 nitrogen and oxygen atoms in total. The molecule has 1 unspecified atom stereocenters. The molecular formula is C54H102N16O13. The van der Waals surface area contributed by atoms with E-state index in [1.54, 1.807) is 27.7 Å². The van der Waals surface area contributed by atoms with Gasteiger partial charge in [-0.1, -0.05) is 73.6 Å². The predicted molar refractivity (Wildman–Crippen MR) is 310 cm³/mol. The summed E-state index contributed by atoms with van der Waals surface area (Å²) in [5.74, 6) is -9.68. The normalized spacial score (nSPS) is 23.3. The lowest BCUT2D eigenvalue weighted by Gasteiger charge is -2.29. The van der Waals surface area contributed by atoms with Crippen molar-refractivity contribution < 1.29 is 63.0 Å². The van der Waals surface area contributed by atoms with Gasteiger partial charge >= 0.3 is 0 Å². The molecule has 29 heteroatoms. The van der Waals surface area contributed by atoms with E-state index in [9.17, 15) is 63.0 Å². The topological polar surface area (TPSA) is 491 Å². The Morgan fingerprint density at radius 3 is 1.39 bits per heavy atom. The average molecular weight is 1180 g/mol. The van der Waals surface area contributed by atoms with Crippen LogP contribution in [-0.4, -0.2) is 187 Å². The molecule has 0 aromatic rings. The summed E-state index contributed by atoms with van der Waals surface area (Å²) < 4.78 is 0. The number of unbranched alkanes of at least 4 members (excludes halogenated alkanes) is 2. The van der Waals surface area contributed by atoms with Gasteiger partial charge in [-0.15, -0.1) is 0 Å². The van der Waals surface area contributed by atoms with Crippen LogP contribution in [-0.2, 0) is 52.7 Å². The fourth-order valence-electron chi connectivity index (χ4n) is 8.91. The maximum absolute atomic E-state index is 14.5. The molecule has 14 atom stereocenters. The number of aliphatic hydroxyl groups excluding tert-OH is 2. The molecule has 1 aliphatic rings. The first-order valence-corrected chi connectivity index (χ1v) is 29.4. The standard InChI is InChI=1S/C54H102N16O13/c1-9-30(5)14-12-11-13-15-41(73)61-35(17-23-56)48(77)69-43(32(7)71)53(82)64-34(16-22-55)45(74)60-27-21-39-47(76)67-40(28-29(3)4)51(80)63-37(19-25-58)49(78)68-42(31(6)10-2)52(81)65-36(18-24-57)46(75)62-38(20-26-59)50(79)70-44(33(8)72)54(83)66-39/h29-40,42-44,71-72H,9-28,55-59H2,1-8H3,(H,60,74)(H,61,73)(H,62,75)(H,63,80)(H,64,82)(H,65,81)(H,66,83)(H,67,76)(H,68,78)(H,69,77)(H,70,79)/t30?,31-,32+,33+,34-,35-,36-,37-,38-,39-,40+,42-,43-,44-/m0/s1. The van der Waals surface area contributed by atoms with Crippen LogP contribution in [0.5, 0.6) is 0 Å². The Bertz CT molecular complexity index is 2090. The van der Waals surface area contributed by atoms with Crippen LogP contribution < -0.4 is 87.2 Å². The molecule has 476 valence electrons. The Morgan fingerprint density at radius 1 is 0.482 bits per heavy atom. The molecule has 0 radical (unpaired) electrons. The predicted octanol–water partition coefficient (Wildman–Crippen LogP) is -5.05. The third-order valence-corrected chi connectivity index (χ3v) is 14.4. The summed E-state index contributed by atoms with van der Waals surface area (Å²) in [7, 11) is 0. The van der Waals surface area contributed by atoms with Crippen LogP contribution in [0.25, 0.3) is 0 Å². The Hall–Kier alpha value is -6.11. The van der Waals surface area contributed by atoms with E-state index in [1.165, 1.54) is 13.8 Å². The minimum Gasteiger partial charge on any atom is -0.391 e. The highest BCUT2D eigenvalue weighted by Crippen LogP contribution is 2.15. The summed E-state index contributed by atoms with van der Waals surface area (Å²) in [6.07, 6.45) is 0.807. The number of amides is 11. The number of nitrogens with one attached hydrogen (secondary N) is 11. The molecule has 0 saturated carbocycles. The number of rotatable bonds is 32. The van der Waals surface area contributed by atoms with Crippen molar-refractivity contribution in [2.45, 2.75) is 218 Å². The van der Waals surface area contributed by atoms with E-state index >= 15 is 0 Å². The summed E-state index contributed by atoms with van der Waals surface area (Å²) in [6, 6.07) is -14.4. The molecule has 0 spiro atoms. The quantitative estimate of drug-likeness (QED) is 0.0280. The Balaban J connectivity index is 3.69. The zero-order valence-electron chi connectivity index (χ0n) is 50.1. The summed E-state index contributed by atoms with van der Waals surface area (Å²) in [4.78, 5) is 153. The summed E-state index contributed by atoms with van der Waals surface area (Å²) in [5, 5.41) is 49.7. The van der Waals surface area contributed by atoms with Crippen molar-refractivity contribution in [2.24, 2.45) is 46.4 Å². The molecule has 23 N–H and O–H groups in total. The van der Waals surface area contributed by atoms with Crippen LogP contribution in [0.1, 0.15) is 145 Å². The monoisotopic (exact) mass is 1180 g/mol. The molecule has 1 heterocycles. The smallest absolute Gasteiger partial charge is 0.245 e. The van der Waals surface area contributed by atoms with E-state index in [2.05, 4.69) is 72.3 Å². The molecule has 1 fully saturated rings. The lowest BCUT2D eigenvalue weighted by atomic mass is 9.96. The zero-order valence-corrected chi connectivity index (χ0v) is 50.1. The second-order valence-corrected chi connectivity index (χ2v) is 22.0. The van der Waals surface area contributed by atoms with Crippen LogP contribution in [0, 0.1) is 17.8 Å². The van der Waals surface area contributed by atoms with Gasteiger partial charge in [0.25, 0.3) is 0 Å². The van der Waals surface area contributed by atoms with E-state index in [0.717, 1.165) is 25.7 Å². The maximum atomic E-state index is 14.5. The van der Waals surface area contributed by atoms with Gasteiger partial charge in [0.1, 0.15) is 60.4 Å². The highest BCUT2D eigenvalue weighted by molar-refractivity contribution is 5.99. The molecule has 1 rings (SSSR count). The molecule has 1 aliphatic heterocycles. The van der Waals surface area contributed by atoms with E-state index in [1.807, 2.05) is 0 Å². The van der Waals surface area contributed by atoms with Crippen LogP contribution in [0.2, 0.25) is 0 Å². The SMILES string of the molecule is CCC(C)CCCCCC(=O)N[C@@H](CCN)C(=O)N[C@H](C(=O)N[C@@H](CCN)C(=O)NCC[C@@H]1NC(=O)[C@H]([C@@H](C)O)NC(=O)[C@H](CCN)NC(=O)[C@H](CCN)NC(=O)[C@H]([C@@H](C)CC)NC(=O)[C@H](CCN)NC(=O)[C@@H](CC(C)C)NC1=O)[C@@H](C)O. The third kappa shape index (κ3) is 27.4. The third-order valence-electron chi connectivity index (χ3n) is 14.4. The average Bonchev–Trinajstić information content (AvgIpc) is 3.60. The van der Waals surface area contributed by atoms with Gasteiger partial charge in [0.15, 0.2) is 0 Å². The van der Waals surface area contributed by atoms with Crippen LogP contribution in [0.15, 0.2) is 0 Å². The number of hydrogen-bond acceptors (Lipinski definition) is 18. The van der Waals surface area contributed by atoms with E-state index in [0.29, 0.717) is 18.8 Å². The number of carbonyl (C=O) groups is 11. The lowest BCUT2D eigenvalue weighted by molar-refractivity contribution is -0.137. The number of aliphatic hydroxyl groups is 2. The van der Waals surface area contributed by atoms with Gasteiger partial charge in [0.05, 0.1) is 12.2 Å². The van der Waals surface area contributed by atoms with Crippen molar-refractivity contribution in [3.63, 3.8) is 0 Å². The highest BCUT2D eigenvalue weighted by atomic mass is 16.3. The second kappa shape index (κ2) is 40.2. The van der Waals surface area contributed by atoms with Gasteiger partial charge in [0, 0.05) is 13.0 Å². The minimum absolute atomic E-state index is 0.000331. The van der Waals surface area contributed by atoms with Crippen molar-refractivity contribution in [1.29, 1.82) is 0 Å². The highest BCUT2D eigenvalue weighted by Gasteiger charge is 2.38. The van der Waals surface area contributed by atoms with Crippen molar-refractivity contribution in [3.8, 4) is 0 Å². The zero-order chi connectivity index (χ0) is 62.9. The Morgan fingerprint density at radius 2 is 0.928 bits per heavy atom. The summed E-state index contributed by atoms with van der Waals surface area (Å²) >= 11 is 0. The fraction of sp³-hybridized carbons (Fsp3) is 0.796. The van der Waals surface area contributed by atoms with Crippen molar-refractivity contribution in [1.82, 2.24) is 58.5 Å². The molecular weight excluding hydrogens is 1080 g/mol. The first-order chi connectivity index (χ1) is 39.2. The molecule has 83 heavy (non-hydrogen) atoms. The van der Waals surface area contributed by atoms with Gasteiger partial charge in [-0.2, -0.15) is 0 Å². The lowest BCUT2D eigenvalue weighted by Crippen LogP contribution is -2.62. The summed E-state index contributed by atoms with van der Waals surface area (Å²) in [6.45, 7) is 12.7. The fourth-order valence-corrected chi connectivity index (χ4v) is 8.91. The van der Waals surface area contributed by atoms with Gasteiger partial charge in [-0.05, 0) is 116 Å². The van der Waals surface area contributed by atoms with Crippen LogP contribution >= 0.6 is 0 Å². The van der Waals surface area contributed by atoms with Crippen molar-refractivity contribution >= 4 is 65.0 Å². The van der Waals surface area contributed by atoms with E-state index < -0.39 is 156 Å². The largest absolute Gasteiger partial charge is 0.391 e. The maximum Gasteiger partial charge on any atom is 0.245 e. The number of hydrogen-bond donors (Lipinski definition) is 18. The van der Waals surface area contributed by atoms with Crippen molar-refractivity contribution in [2.75, 3.05) is 39.3 Å². The van der Waals surface area contributed by atoms with Crippen LogP contribution in [0.3, 0.4) is 0 Å². The Labute approximate surface area is 488 Å². The first kappa shape index (κ1) is 74.9. The van der Waals surface area contributed by atoms with Gasteiger partial charge in [-0.3, -0.25) is 52.7 Å². The summed E-state index contributed by atoms with van der Waals surface area (Å²) in [5.41, 5.74) is 29.2. The second-order valence-electron chi connectivity index (χ2n) is 22.0. The van der Waals surface area contributed by atoms with Crippen molar-refractivity contribution in [3.05, 3.63) is 0 Å². The molecule has 0 aliphatic carbocycles. The number of carbonyl (C=O) groups excluding carboxylic acids is 11. The molecule has 0 aromatic carbocycles. The Kier molecular flexibility index (Phi) is 36.3. The molecule has 11 amide bonds. The molecule has 0 bridgehead atoms. The minimum atomic E-state index is -1.80. The molecule has 1 saturated heterocycles. The molecule has 0 aromatic heterocycles. The van der Waals surface area contributed by atoms with Gasteiger partial charge in [-0.25, -0.2) is 0 Å².